The van der Waals surface area contributed by atoms with E-state index in [1.807, 2.05) is 57.2 Å². The number of ether oxygens (including phenoxy) is 1. The lowest BCUT2D eigenvalue weighted by Crippen LogP contribution is -2.51. The molecule has 7 nitrogen and oxygen atoms in total. The maximum Gasteiger partial charge on any atom is 0.411 e. The molecule has 1 aliphatic carbocycles. The SMILES string of the molecule is CN1C(=O)Cc2ccc(-c3ccc(CC(C#N)CC(=O)[C@@H]4[C@H]5CC[C@H](C5)N4C(=O)OC(C)(C)C)c(Cl)c3)cc21. The number of rotatable bonds is 6. The molecule has 3 aliphatic rings. The van der Waals surface area contributed by atoms with Crippen LogP contribution in [0.25, 0.3) is 11.1 Å². The summed E-state index contributed by atoms with van der Waals surface area (Å²) in [7, 11) is 1.78. The van der Waals surface area contributed by atoms with Crippen LogP contribution >= 0.6 is 11.6 Å². The topological polar surface area (TPSA) is 90.7 Å². The third-order valence-corrected chi connectivity index (χ3v) is 8.52. The molecule has 2 aromatic carbocycles. The van der Waals surface area contributed by atoms with Gasteiger partial charge in [0.15, 0.2) is 5.78 Å². The lowest BCUT2D eigenvalue weighted by Gasteiger charge is -2.35. The Labute approximate surface area is 234 Å². The highest BCUT2D eigenvalue weighted by Gasteiger charge is 2.52. The van der Waals surface area contributed by atoms with Crippen LogP contribution in [0, 0.1) is 23.2 Å². The normalized spacial score (nSPS) is 22.6. The first-order chi connectivity index (χ1) is 18.4. The number of amides is 2. The Balaban J connectivity index is 1.28. The number of carbonyl (C=O) groups is 3. The maximum atomic E-state index is 13.5. The van der Waals surface area contributed by atoms with Crippen LogP contribution < -0.4 is 4.90 Å². The van der Waals surface area contributed by atoms with Crippen molar-refractivity contribution in [2.24, 2.45) is 11.8 Å². The zero-order chi connectivity index (χ0) is 28.1. The number of likely N-dealkylation sites (tertiary alicyclic amines) is 1. The third-order valence-electron chi connectivity index (χ3n) is 8.16. The molecule has 4 atom stereocenters. The van der Waals surface area contributed by atoms with Gasteiger partial charge in [0.25, 0.3) is 0 Å². The van der Waals surface area contributed by atoms with Gasteiger partial charge < -0.3 is 9.64 Å². The second-order valence-corrected chi connectivity index (χ2v) is 12.4. The molecule has 1 saturated carbocycles. The lowest BCUT2D eigenvalue weighted by atomic mass is 9.87. The van der Waals surface area contributed by atoms with Gasteiger partial charge in [-0.3, -0.25) is 14.5 Å². The van der Waals surface area contributed by atoms with Crippen molar-refractivity contribution in [2.45, 2.75) is 77.0 Å². The molecule has 8 heteroatoms. The van der Waals surface area contributed by atoms with Crippen LogP contribution in [0.4, 0.5) is 10.5 Å². The predicted octanol–water partition coefficient (Wildman–Crippen LogP) is 5.96. The van der Waals surface area contributed by atoms with Crippen molar-refractivity contribution in [3.05, 3.63) is 52.5 Å². The third kappa shape index (κ3) is 5.40. The molecule has 2 aromatic rings. The number of fused-ring (bicyclic) bond motifs is 3. The van der Waals surface area contributed by atoms with Crippen molar-refractivity contribution < 1.29 is 19.1 Å². The van der Waals surface area contributed by atoms with Crippen LogP contribution in [0.2, 0.25) is 5.02 Å². The lowest BCUT2D eigenvalue weighted by molar-refractivity contribution is -0.126. The summed E-state index contributed by atoms with van der Waals surface area (Å²) in [6.45, 7) is 5.46. The number of benzene rings is 2. The Bertz CT molecular complexity index is 1370. The Morgan fingerprint density at radius 2 is 1.87 bits per heavy atom. The van der Waals surface area contributed by atoms with Crippen LogP contribution in [0.5, 0.6) is 0 Å². The second kappa shape index (κ2) is 10.3. The molecule has 2 heterocycles. The van der Waals surface area contributed by atoms with Gasteiger partial charge in [-0.15, -0.1) is 0 Å². The molecular formula is C31H34ClN3O4. The van der Waals surface area contributed by atoms with Crippen molar-refractivity contribution in [2.75, 3.05) is 11.9 Å². The van der Waals surface area contributed by atoms with Crippen molar-refractivity contribution in [3.63, 3.8) is 0 Å². The smallest absolute Gasteiger partial charge is 0.411 e. The molecule has 0 N–H and O–H groups in total. The minimum Gasteiger partial charge on any atom is -0.444 e. The van der Waals surface area contributed by atoms with E-state index >= 15 is 0 Å². The summed E-state index contributed by atoms with van der Waals surface area (Å²) in [6, 6.07) is 13.5. The molecule has 0 radical (unpaired) electrons. The van der Waals surface area contributed by atoms with Crippen molar-refractivity contribution in [1.82, 2.24) is 4.90 Å². The molecule has 1 saturated heterocycles. The summed E-state index contributed by atoms with van der Waals surface area (Å²) < 4.78 is 5.61. The first-order valence-electron chi connectivity index (χ1n) is 13.6. The number of ketones is 1. The zero-order valence-corrected chi connectivity index (χ0v) is 23.6. The first-order valence-corrected chi connectivity index (χ1v) is 13.9. The highest BCUT2D eigenvalue weighted by molar-refractivity contribution is 6.31. The molecule has 2 amide bonds. The van der Waals surface area contributed by atoms with E-state index in [1.54, 1.807) is 16.8 Å². The summed E-state index contributed by atoms with van der Waals surface area (Å²) in [5.41, 5.74) is 3.94. The average molecular weight is 548 g/mol. The number of nitrogens with zero attached hydrogens (tertiary/aromatic N) is 3. The number of hydrogen-bond acceptors (Lipinski definition) is 5. The Morgan fingerprint density at radius 3 is 2.56 bits per heavy atom. The molecule has 204 valence electrons. The number of carbonyl (C=O) groups excluding carboxylic acids is 3. The Hall–Kier alpha value is -3.37. The van der Waals surface area contributed by atoms with Crippen LogP contribution in [-0.4, -0.2) is 47.4 Å². The van der Waals surface area contributed by atoms with E-state index in [0.717, 1.165) is 47.2 Å². The number of hydrogen-bond donors (Lipinski definition) is 0. The Kier molecular flexibility index (Phi) is 7.19. The molecular weight excluding hydrogens is 514 g/mol. The highest BCUT2D eigenvalue weighted by Crippen LogP contribution is 2.44. The summed E-state index contributed by atoms with van der Waals surface area (Å²) in [5.74, 6) is -0.435. The number of Topliss-reactive ketones (excluding diaryl/α,β-unsaturated/α-hetero) is 1. The second-order valence-electron chi connectivity index (χ2n) is 12.0. The molecule has 0 aromatic heterocycles. The van der Waals surface area contributed by atoms with E-state index in [-0.39, 0.29) is 30.1 Å². The summed E-state index contributed by atoms with van der Waals surface area (Å²) in [4.78, 5) is 41.8. The quantitative estimate of drug-likeness (QED) is 0.445. The molecule has 0 spiro atoms. The Morgan fingerprint density at radius 1 is 1.15 bits per heavy atom. The fourth-order valence-corrected chi connectivity index (χ4v) is 6.54. The molecule has 2 fully saturated rings. The van der Waals surface area contributed by atoms with Gasteiger partial charge in [0.2, 0.25) is 5.91 Å². The number of piperidine rings is 1. The van der Waals surface area contributed by atoms with Crippen LogP contribution in [0.15, 0.2) is 36.4 Å². The number of halogens is 1. The zero-order valence-electron chi connectivity index (χ0n) is 22.9. The molecule has 39 heavy (non-hydrogen) atoms. The van der Waals surface area contributed by atoms with E-state index in [9.17, 15) is 19.6 Å². The molecule has 1 unspecified atom stereocenters. The molecule has 2 bridgehead atoms. The summed E-state index contributed by atoms with van der Waals surface area (Å²) >= 11 is 6.66. The highest BCUT2D eigenvalue weighted by atomic mass is 35.5. The van der Waals surface area contributed by atoms with Gasteiger partial charge in [-0.25, -0.2) is 4.79 Å². The number of likely N-dealkylation sites (N-methyl/N-ethyl adjacent to an activating group) is 1. The van der Waals surface area contributed by atoms with Crippen molar-refractivity contribution >= 4 is 35.1 Å². The maximum absolute atomic E-state index is 13.5. The van der Waals surface area contributed by atoms with E-state index in [2.05, 4.69) is 6.07 Å². The fourth-order valence-electron chi connectivity index (χ4n) is 6.29. The van der Waals surface area contributed by atoms with Gasteiger partial charge in [-0.05, 0) is 86.8 Å². The molecule has 2 aliphatic heterocycles. The van der Waals surface area contributed by atoms with Crippen molar-refractivity contribution in [1.29, 1.82) is 5.26 Å². The van der Waals surface area contributed by atoms with Gasteiger partial charge in [0.05, 0.1) is 24.4 Å². The minimum absolute atomic E-state index is 0.0263. The summed E-state index contributed by atoms with van der Waals surface area (Å²) in [6.07, 6.45) is 2.99. The van der Waals surface area contributed by atoms with E-state index < -0.39 is 23.7 Å². The number of nitriles is 1. The van der Waals surface area contributed by atoms with Gasteiger partial charge >= 0.3 is 6.09 Å². The minimum atomic E-state index is -0.641. The predicted molar refractivity (Wildman–Crippen MR) is 149 cm³/mol. The van der Waals surface area contributed by atoms with Crippen LogP contribution in [-0.2, 0) is 27.2 Å². The first kappa shape index (κ1) is 27.2. The number of anilines is 1. The van der Waals surface area contributed by atoms with E-state index in [0.29, 0.717) is 17.9 Å². The van der Waals surface area contributed by atoms with Gasteiger partial charge in [0.1, 0.15) is 5.60 Å². The van der Waals surface area contributed by atoms with Gasteiger partial charge in [-0.1, -0.05) is 35.9 Å². The standard InChI is InChI=1S/C31H34ClN3O4/c1-31(2,3)39-30(38)35-24-10-9-23(13-24)29(35)27(36)12-18(17-33)11-21-7-5-19(14-25(21)32)20-6-8-22-16-28(37)34(4)26(22)15-20/h5-8,14-15,18,23-24,29H,9-13,16H2,1-4H3/t18?,23-,24+,29-/m0/s1. The van der Waals surface area contributed by atoms with Crippen LogP contribution in [0.1, 0.15) is 57.6 Å². The van der Waals surface area contributed by atoms with Crippen LogP contribution in [0.3, 0.4) is 0 Å². The average Bonchev–Trinajstić information content (AvgIpc) is 3.57. The van der Waals surface area contributed by atoms with E-state index in [4.69, 9.17) is 16.3 Å². The van der Waals surface area contributed by atoms with Gasteiger partial charge in [-0.2, -0.15) is 5.26 Å². The summed E-state index contributed by atoms with van der Waals surface area (Å²) in [5, 5.41) is 10.4. The van der Waals surface area contributed by atoms with Gasteiger partial charge in [0, 0.05) is 30.2 Å². The monoisotopic (exact) mass is 547 g/mol. The molecule has 5 rings (SSSR count). The van der Waals surface area contributed by atoms with E-state index in [1.165, 1.54) is 0 Å². The van der Waals surface area contributed by atoms with Crippen molar-refractivity contribution in [3.8, 4) is 17.2 Å². The largest absolute Gasteiger partial charge is 0.444 e. The fraction of sp³-hybridized carbons (Fsp3) is 0.484.